The monoisotopic (exact) mass is 337 g/mol. The van der Waals surface area contributed by atoms with Crippen molar-refractivity contribution in [2.24, 2.45) is 0 Å². The molecule has 1 rings (SSSR count). The van der Waals surface area contributed by atoms with Gasteiger partial charge >= 0.3 is 5.97 Å². The van der Waals surface area contributed by atoms with Crippen molar-refractivity contribution in [1.29, 1.82) is 0 Å². The normalized spacial score (nSPS) is 11.0. The van der Waals surface area contributed by atoms with Gasteiger partial charge in [-0.1, -0.05) is 20.3 Å². The zero-order valence-corrected chi connectivity index (χ0v) is 15.7. The lowest BCUT2D eigenvalue weighted by molar-refractivity contribution is 0.0600. The van der Waals surface area contributed by atoms with Crippen molar-refractivity contribution in [3.63, 3.8) is 0 Å². The Morgan fingerprint density at radius 3 is 2.22 bits per heavy atom. The van der Waals surface area contributed by atoms with Crippen LogP contribution in [0.5, 0.6) is 0 Å². The molecule has 1 aromatic carbocycles. The topological polar surface area (TPSA) is 29.5 Å². The van der Waals surface area contributed by atoms with Gasteiger partial charge < -0.3 is 9.64 Å². The molecule has 0 fully saturated rings. The van der Waals surface area contributed by atoms with Gasteiger partial charge in [0.05, 0.1) is 12.7 Å². The Bertz CT molecular complexity index is 428. The van der Waals surface area contributed by atoms with E-state index in [-0.39, 0.29) is 5.97 Å². The van der Waals surface area contributed by atoms with Crippen LogP contribution in [-0.4, -0.2) is 43.4 Å². The summed E-state index contributed by atoms with van der Waals surface area (Å²) >= 11 is 1.86. The van der Waals surface area contributed by atoms with E-state index in [4.69, 9.17) is 4.74 Å². The van der Waals surface area contributed by atoms with E-state index in [1.165, 1.54) is 63.7 Å². The minimum atomic E-state index is -0.273. The average molecular weight is 338 g/mol. The van der Waals surface area contributed by atoms with Gasteiger partial charge in [-0.2, -0.15) is 0 Å². The first-order valence-corrected chi connectivity index (χ1v) is 9.73. The summed E-state index contributed by atoms with van der Waals surface area (Å²) in [4.78, 5) is 15.2. The Kier molecular flexibility index (Phi) is 10.8. The quantitative estimate of drug-likeness (QED) is 0.309. The molecule has 0 aromatic heterocycles. The summed E-state index contributed by atoms with van der Waals surface area (Å²) in [5.41, 5.74) is 0.615. The molecule has 0 aliphatic rings. The first-order valence-electron chi connectivity index (χ1n) is 8.74. The van der Waals surface area contributed by atoms with Crippen molar-refractivity contribution >= 4 is 17.7 Å². The lowest BCUT2D eigenvalue weighted by atomic mass is 10.2. The molecule has 130 valence electrons. The Balaban J connectivity index is 2.16. The Labute approximate surface area is 145 Å². The highest BCUT2D eigenvalue weighted by Gasteiger charge is 2.05. The highest BCUT2D eigenvalue weighted by atomic mass is 32.2. The van der Waals surface area contributed by atoms with Crippen molar-refractivity contribution in [3.8, 4) is 0 Å². The van der Waals surface area contributed by atoms with E-state index in [1.54, 1.807) is 0 Å². The second kappa shape index (κ2) is 12.4. The summed E-state index contributed by atoms with van der Waals surface area (Å²) in [5.74, 6) is 0.865. The summed E-state index contributed by atoms with van der Waals surface area (Å²) < 4.78 is 4.71. The predicted octanol–water partition coefficient (Wildman–Crippen LogP) is 4.86. The number of hydrogen-bond donors (Lipinski definition) is 0. The maximum absolute atomic E-state index is 11.4. The van der Waals surface area contributed by atoms with E-state index < -0.39 is 0 Å². The number of unbranched alkanes of at least 4 members (excludes halogenated alkanes) is 2. The number of ether oxygens (including phenoxy) is 1. The van der Waals surface area contributed by atoms with E-state index >= 15 is 0 Å². The second-order valence-corrected chi connectivity index (χ2v) is 6.94. The molecule has 23 heavy (non-hydrogen) atoms. The molecule has 1 aromatic rings. The fraction of sp³-hybridized carbons (Fsp3) is 0.632. The molecule has 0 saturated carbocycles. The molecule has 0 N–H and O–H groups in total. The van der Waals surface area contributed by atoms with Crippen molar-refractivity contribution in [1.82, 2.24) is 4.90 Å². The molecule has 0 heterocycles. The SMILES string of the molecule is CCCN(CCC)CCCCCSc1ccc(C(=O)OC)cc1. The van der Waals surface area contributed by atoms with Crippen LogP contribution in [0.15, 0.2) is 29.2 Å². The van der Waals surface area contributed by atoms with Crippen LogP contribution in [0.25, 0.3) is 0 Å². The van der Waals surface area contributed by atoms with Gasteiger partial charge in [0.15, 0.2) is 0 Å². The zero-order valence-electron chi connectivity index (χ0n) is 14.8. The number of thioether (sulfide) groups is 1. The molecule has 0 radical (unpaired) electrons. The molecule has 0 amide bonds. The summed E-state index contributed by atoms with van der Waals surface area (Å²) in [5, 5.41) is 0. The number of nitrogens with zero attached hydrogens (tertiary/aromatic N) is 1. The minimum absolute atomic E-state index is 0.273. The van der Waals surface area contributed by atoms with Gasteiger partial charge in [-0.25, -0.2) is 4.79 Å². The molecule has 0 atom stereocenters. The number of esters is 1. The molecule has 4 heteroatoms. The third kappa shape index (κ3) is 8.42. The number of carbonyl (C=O) groups excluding carboxylic acids is 1. The lowest BCUT2D eigenvalue weighted by Gasteiger charge is -2.20. The number of benzene rings is 1. The van der Waals surface area contributed by atoms with Crippen LogP contribution in [0, 0.1) is 0 Å². The van der Waals surface area contributed by atoms with Gasteiger partial charge in [0.1, 0.15) is 0 Å². The molecule has 0 aliphatic heterocycles. The number of rotatable bonds is 12. The van der Waals surface area contributed by atoms with Crippen LogP contribution in [0.3, 0.4) is 0 Å². The zero-order chi connectivity index (χ0) is 16.9. The summed E-state index contributed by atoms with van der Waals surface area (Å²) in [6, 6.07) is 7.67. The standard InChI is InChI=1S/C19H31NO2S/c1-4-13-20(14-5-2)15-7-6-8-16-23-18-11-9-17(10-12-18)19(21)22-3/h9-12H,4-8,13-16H2,1-3H3. The van der Waals surface area contributed by atoms with Gasteiger partial charge in [-0.15, -0.1) is 11.8 Å². The third-order valence-electron chi connectivity index (χ3n) is 3.74. The first kappa shape index (κ1) is 20.0. The minimum Gasteiger partial charge on any atom is -0.465 e. The smallest absolute Gasteiger partial charge is 0.337 e. The highest BCUT2D eigenvalue weighted by Crippen LogP contribution is 2.20. The van der Waals surface area contributed by atoms with Crippen LogP contribution in [0.2, 0.25) is 0 Å². The molecule has 3 nitrogen and oxygen atoms in total. The molecular weight excluding hydrogens is 306 g/mol. The number of carbonyl (C=O) groups is 1. The van der Waals surface area contributed by atoms with Crippen molar-refractivity contribution in [3.05, 3.63) is 29.8 Å². The summed E-state index contributed by atoms with van der Waals surface area (Å²) in [6.07, 6.45) is 6.32. The maximum Gasteiger partial charge on any atom is 0.337 e. The van der Waals surface area contributed by atoms with Crippen LogP contribution < -0.4 is 0 Å². The van der Waals surface area contributed by atoms with E-state index in [1.807, 2.05) is 36.0 Å². The third-order valence-corrected chi connectivity index (χ3v) is 4.84. The Hall–Kier alpha value is -1.00. The molecular formula is C19H31NO2S. The first-order chi connectivity index (χ1) is 11.2. The molecule has 0 spiro atoms. The van der Waals surface area contributed by atoms with E-state index in [0.29, 0.717) is 5.56 Å². The van der Waals surface area contributed by atoms with Gasteiger partial charge in [0.2, 0.25) is 0 Å². The average Bonchev–Trinajstić information content (AvgIpc) is 2.58. The Morgan fingerprint density at radius 1 is 1.00 bits per heavy atom. The second-order valence-electron chi connectivity index (χ2n) is 5.77. The van der Waals surface area contributed by atoms with E-state index in [0.717, 1.165) is 5.75 Å². The van der Waals surface area contributed by atoms with Gasteiger partial charge in [-0.3, -0.25) is 0 Å². The van der Waals surface area contributed by atoms with Crippen LogP contribution in [-0.2, 0) is 4.74 Å². The highest BCUT2D eigenvalue weighted by molar-refractivity contribution is 7.99. The fourth-order valence-corrected chi connectivity index (χ4v) is 3.49. The van der Waals surface area contributed by atoms with Crippen LogP contribution in [0.4, 0.5) is 0 Å². The van der Waals surface area contributed by atoms with Crippen molar-refractivity contribution in [2.75, 3.05) is 32.5 Å². The van der Waals surface area contributed by atoms with Crippen LogP contribution >= 0.6 is 11.8 Å². The molecule has 0 bridgehead atoms. The fourth-order valence-electron chi connectivity index (χ4n) is 2.58. The number of methoxy groups -OCH3 is 1. The predicted molar refractivity (Wildman–Crippen MR) is 99.4 cm³/mol. The largest absolute Gasteiger partial charge is 0.465 e. The van der Waals surface area contributed by atoms with Gasteiger partial charge in [0, 0.05) is 4.90 Å². The van der Waals surface area contributed by atoms with E-state index in [2.05, 4.69) is 18.7 Å². The summed E-state index contributed by atoms with van der Waals surface area (Å²) in [6.45, 7) is 8.21. The van der Waals surface area contributed by atoms with Crippen LogP contribution in [0.1, 0.15) is 56.3 Å². The molecule has 0 saturated heterocycles. The molecule has 0 aliphatic carbocycles. The van der Waals surface area contributed by atoms with Crippen molar-refractivity contribution in [2.45, 2.75) is 50.8 Å². The summed E-state index contributed by atoms with van der Waals surface area (Å²) in [7, 11) is 1.41. The molecule has 0 unspecified atom stereocenters. The van der Waals surface area contributed by atoms with E-state index in [9.17, 15) is 4.79 Å². The Morgan fingerprint density at radius 2 is 1.65 bits per heavy atom. The lowest BCUT2D eigenvalue weighted by Crippen LogP contribution is -2.26. The maximum atomic E-state index is 11.4. The van der Waals surface area contributed by atoms with Gasteiger partial charge in [0.25, 0.3) is 0 Å². The number of hydrogen-bond acceptors (Lipinski definition) is 4. The van der Waals surface area contributed by atoms with Crippen molar-refractivity contribution < 1.29 is 9.53 Å². The van der Waals surface area contributed by atoms with Gasteiger partial charge in [-0.05, 0) is 75.3 Å².